The van der Waals surface area contributed by atoms with Gasteiger partial charge in [0.15, 0.2) is 0 Å². The molecule has 2 unspecified atom stereocenters. The lowest BCUT2D eigenvalue weighted by molar-refractivity contribution is -0.0937. The Hall–Kier alpha value is 0.01000. The van der Waals surface area contributed by atoms with Crippen molar-refractivity contribution in [2.75, 3.05) is 25.4 Å². The Labute approximate surface area is 104 Å². The number of piperidine rings is 1. The van der Waals surface area contributed by atoms with Crippen molar-refractivity contribution in [2.24, 2.45) is 5.92 Å². The molecule has 3 heteroatoms. The van der Waals surface area contributed by atoms with Crippen LogP contribution >= 0.6 is 12.6 Å². The van der Waals surface area contributed by atoms with Crippen molar-refractivity contribution in [3.8, 4) is 0 Å². The minimum atomic E-state index is -0.350. The molecule has 0 bridgehead atoms. The molecule has 0 aromatic rings. The third kappa shape index (κ3) is 2.63. The molecule has 2 fully saturated rings. The zero-order valence-electron chi connectivity index (χ0n) is 9.99. The molecule has 1 heterocycles. The van der Waals surface area contributed by atoms with Crippen molar-refractivity contribution in [3.05, 3.63) is 12.2 Å². The summed E-state index contributed by atoms with van der Waals surface area (Å²) < 4.78 is 0. The number of fused-ring (bicyclic) bond motifs is 1. The third-order valence-corrected chi connectivity index (χ3v) is 4.63. The molecule has 0 spiro atoms. The first kappa shape index (κ1) is 12.5. The van der Waals surface area contributed by atoms with Gasteiger partial charge in [-0.05, 0) is 19.3 Å². The van der Waals surface area contributed by atoms with Crippen molar-refractivity contribution in [1.82, 2.24) is 4.90 Å². The van der Waals surface area contributed by atoms with E-state index in [1.54, 1.807) is 0 Å². The van der Waals surface area contributed by atoms with Gasteiger partial charge in [0.2, 0.25) is 0 Å². The minimum absolute atomic E-state index is 0.350. The van der Waals surface area contributed by atoms with Gasteiger partial charge in [-0.1, -0.05) is 25.0 Å². The van der Waals surface area contributed by atoms with Crippen molar-refractivity contribution < 1.29 is 5.11 Å². The fourth-order valence-corrected chi connectivity index (χ4v) is 3.25. The van der Waals surface area contributed by atoms with Crippen LogP contribution in [0.4, 0.5) is 0 Å². The van der Waals surface area contributed by atoms with Gasteiger partial charge in [0.25, 0.3) is 0 Å². The monoisotopic (exact) mass is 241 g/mol. The fourth-order valence-electron chi connectivity index (χ4n) is 3.15. The van der Waals surface area contributed by atoms with Crippen molar-refractivity contribution in [3.63, 3.8) is 0 Å². The standard InChI is InChI=1S/C13H23NOS/c1-11(10-16)8-14-7-6-13(15)5-3-2-4-12(13)9-14/h12,15-16H,1-10H2. The normalized spacial score (nSPS) is 35.8. The second-order valence-electron chi connectivity index (χ2n) is 5.44. The van der Waals surface area contributed by atoms with E-state index >= 15 is 0 Å². The second-order valence-corrected chi connectivity index (χ2v) is 5.76. The van der Waals surface area contributed by atoms with Crippen LogP contribution in [0.15, 0.2) is 12.2 Å². The average molecular weight is 241 g/mol. The topological polar surface area (TPSA) is 23.5 Å². The van der Waals surface area contributed by atoms with Gasteiger partial charge in [-0.2, -0.15) is 12.6 Å². The number of rotatable bonds is 3. The molecule has 2 rings (SSSR count). The Balaban J connectivity index is 1.91. The molecule has 0 aromatic heterocycles. The van der Waals surface area contributed by atoms with Gasteiger partial charge in [-0.15, -0.1) is 0 Å². The summed E-state index contributed by atoms with van der Waals surface area (Å²) in [6.07, 6.45) is 5.64. The maximum absolute atomic E-state index is 10.5. The number of hydrogen-bond acceptors (Lipinski definition) is 3. The molecule has 1 N–H and O–H groups in total. The molecule has 16 heavy (non-hydrogen) atoms. The summed E-state index contributed by atoms with van der Waals surface area (Å²) in [4.78, 5) is 2.43. The summed E-state index contributed by atoms with van der Waals surface area (Å²) in [6, 6.07) is 0. The molecule has 2 atom stereocenters. The first-order chi connectivity index (χ1) is 7.64. The van der Waals surface area contributed by atoms with Gasteiger partial charge in [0.05, 0.1) is 5.60 Å². The maximum atomic E-state index is 10.5. The van der Waals surface area contributed by atoms with E-state index in [-0.39, 0.29) is 5.60 Å². The number of aliphatic hydroxyl groups is 1. The lowest BCUT2D eigenvalue weighted by Gasteiger charge is -2.47. The Bertz CT molecular complexity index is 269. The van der Waals surface area contributed by atoms with Gasteiger partial charge >= 0.3 is 0 Å². The van der Waals surface area contributed by atoms with E-state index in [1.807, 2.05) is 0 Å². The molecule has 0 radical (unpaired) electrons. The van der Waals surface area contributed by atoms with Crippen molar-refractivity contribution in [2.45, 2.75) is 37.7 Å². The van der Waals surface area contributed by atoms with Crippen LogP contribution < -0.4 is 0 Å². The van der Waals surface area contributed by atoms with E-state index in [0.29, 0.717) is 5.92 Å². The van der Waals surface area contributed by atoms with E-state index in [1.165, 1.54) is 24.8 Å². The van der Waals surface area contributed by atoms with Crippen LogP contribution in [-0.4, -0.2) is 41.0 Å². The lowest BCUT2D eigenvalue weighted by atomic mass is 9.71. The molecule has 1 saturated heterocycles. The number of likely N-dealkylation sites (tertiary alicyclic amines) is 1. The Morgan fingerprint density at radius 3 is 3.00 bits per heavy atom. The van der Waals surface area contributed by atoms with Crippen LogP contribution in [0.3, 0.4) is 0 Å². The smallest absolute Gasteiger partial charge is 0.0700 e. The number of thiol groups is 1. The molecule has 2 aliphatic rings. The Kier molecular flexibility index (Phi) is 3.98. The fraction of sp³-hybridized carbons (Fsp3) is 0.846. The molecular formula is C13H23NOS. The summed E-state index contributed by atoms with van der Waals surface area (Å²) in [6.45, 7) is 7.02. The van der Waals surface area contributed by atoms with Crippen molar-refractivity contribution >= 4 is 12.6 Å². The highest BCUT2D eigenvalue weighted by Crippen LogP contribution is 2.39. The summed E-state index contributed by atoms with van der Waals surface area (Å²) in [5, 5.41) is 10.5. The predicted octanol–water partition coefficient (Wildman–Crippen LogP) is 2.10. The van der Waals surface area contributed by atoms with Gasteiger partial charge in [0.1, 0.15) is 0 Å². The molecular weight excluding hydrogens is 218 g/mol. The summed E-state index contributed by atoms with van der Waals surface area (Å²) in [7, 11) is 0. The first-order valence-electron chi connectivity index (χ1n) is 6.36. The summed E-state index contributed by atoms with van der Waals surface area (Å²) in [5.41, 5.74) is 0.835. The zero-order valence-corrected chi connectivity index (χ0v) is 10.9. The zero-order chi connectivity index (χ0) is 11.6. The average Bonchev–Trinajstić information content (AvgIpc) is 2.29. The minimum Gasteiger partial charge on any atom is -0.390 e. The van der Waals surface area contributed by atoms with Gasteiger partial charge in [-0.25, -0.2) is 0 Å². The molecule has 1 aliphatic heterocycles. The van der Waals surface area contributed by atoms with Gasteiger partial charge in [0, 0.05) is 31.3 Å². The van der Waals surface area contributed by atoms with Crippen LogP contribution in [0.25, 0.3) is 0 Å². The molecule has 2 nitrogen and oxygen atoms in total. The van der Waals surface area contributed by atoms with Gasteiger partial charge < -0.3 is 5.11 Å². The van der Waals surface area contributed by atoms with Crippen LogP contribution in [0, 0.1) is 5.92 Å². The number of hydrogen-bond donors (Lipinski definition) is 2. The summed E-state index contributed by atoms with van der Waals surface area (Å²) >= 11 is 4.25. The highest BCUT2D eigenvalue weighted by Gasteiger charge is 2.42. The maximum Gasteiger partial charge on any atom is 0.0700 e. The van der Waals surface area contributed by atoms with E-state index in [4.69, 9.17) is 0 Å². The Morgan fingerprint density at radius 2 is 2.25 bits per heavy atom. The highest BCUT2D eigenvalue weighted by atomic mass is 32.1. The predicted molar refractivity (Wildman–Crippen MR) is 71.0 cm³/mol. The number of nitrogens with zero attached hydrogens (tertiary/aromatic N) is 1. The third-order valence-electron chi connectivity index (χ3n) is 4.18. The van der Waals surface area contributed by atoms with Crippen LogP contribution in [0.2, 0.25) is 0 Å². The Morgan fingerprint density at radius 1 is 1.44 bits per heavy atom. The largest absolute Gasteiger partial charge is 0.390 e. The van der Waals surface area contributed by atoms with Crippen LogP contribution in [0.5, 0.6) is 0 Å². The second kappa shape index (κ2) is 5.11. The van der Waals surface area contributed by atoms with Crippen LogP contribution in [-0.2, 0) is 0 Å². The van der Waals surface area contributed by atoms with E-state index in [2.05, 4.69) is 24.1 Å². The molecule has 1 aliphatic carbocycles. The molecule has 1 saturated carbocycles. The van der Waals surface area contributed by atoms with Gasteiger partial charge in [-0.3, -0.25) is 4.90 Å². The van der Waals surface area contributed by atoms with E-state index in [9.17, 15) is 5.11 Å². The molecule has 0 amide bonds. The van der Waals surface area contributed by atoms with E-state index < -0.39 is 0 Å². The first-order valence-corrected chi connectivity index (χ1v) is 6.99. The molecule has 92 valence electrons. The van der Waals surface area contributed by atoms with E-state index in [0.717, 1.165) is 38.2 Å². The lowest BCUT2D eigenvalue weighted by Crippen LogP contribution is -2.53. The molecule has 0 aromatic carbocycles. The quantitative estimate of drug-likeness (QED) is 0.584. The summed E-state index contributed by atoms with van der Waals surface area (Å²) in [5.74, 6) is 1.26. The highest BCUT2D eigenvalue weighted by molar-refractivity contribution is 7.80. The SMILES string of the molecule is C=C(CS)CN1CCC2(O)CCCCC2C1. The van der Waals surface area contributed by atoms with Crippen LogP contribution in [0.1, 0.15) is 32.1 Å². The van der Waals surface area contributed by atoms with Crippen molar-refractivity contribution in [1.29, 1.82) is 0 Å².